The first-order valence-electron chi connectivity index (χ1n) is 8.26. The fourth-order valence-corrected chi connectivity index (χ4v) is 2.68. The van der Waals surface area contributed by atoms with Crippen LogP contribution in [0, 0.1) is 5.92 Å². The zero-order chi connectivity index (χ0) is 15.8. The highest BCUT2D eigenvalue weighted by Crippen LogP contribution is 2.12. The van der Waals surface area contributed by atoms with Crippen LogP contribution in [-0.4, -0.2) is 41.9 Å². The van der Waals surface area contributed by atoms with Gasteiger partial charge in [0.1, 0.15) is 6.04 Å². The zero-order valence-corrected chi connectivity index (χ0v) is 13.7. The summed E-state index contributed by atoms with van der Waals surface area (Å²) in [6.07, 6.45) is 6.03. The Kier molecular flexibility index (Phi) is 7.72. The Balaban J connectivity index is 2.32. The molecule has 0 aromatic carbocycles. The molecule has 21 heavy (non-hydrogen) atoms. The molecule has 3 unspecified atom stereocenters. The molecule has 0 spiro atoms. The van der Waals surface area contributed by atoms with Crippen molar-refractivity contribution in [2.24, 2.45) is 11.7 Å². The standard InChI is InChI=1S/C16H31N3O2/c1-12(8-7-9-13(2)17)15(20)18-14(3)16(21)19-10-5-4-6-11-19/h12-14H,4-11,17H2,1-3H3,(H,18,20). The van der Waals surface area contributed by atoms with Gasteiger partial charge in [-0.1, -0.05) is 13.3 Å². The van der Waals surface area contributed by atoms with Gasteiger partial charge in [-0.15, -0.1) is 0 Å². The Morgan fingerprint density at radius 1 is 1.10 bits per heavy atom. The van der Waals surface area contributed by atoms with Crippen LogP contribution in [0.2, 0.25) is 0 Å². The van der Waals surface area contributed by atoms with E-state index in [1.165, 1.54) is 6.42 Å². The number of amides is 2. The van der Waals surface area contributed by atoms with E-state index in [0.29, 0.717) is 0 Å². The summed E-state index contributed by atoms with van der Waals surface area (Å²) in [5.41, 5.74) is 5.71. The lowest BCUT2D eigenvalue weighted by atomic mass is 10.0. The number of nitrogens with zero attached hydrogens (tertiary/aromatic N) is 1. The average Bonchev–Trinajstić information content (AvgIpc) is 2.46. The maximum absolute atomic E-state index is 12.3. The predicted molar refractivity (Wildman–Crippen MR) is 84.7 cm³/mol. The van der Waals surface area contributed by atoms with Crippen molar-refractivity contribution in [3.8, 4) is 0 Å². The lowest BCUT2D eigenvalue weighted by Gasteiger charge is -2.29. The van der Waals surface area contributed by atoms with Gasteiger partial charge < -0.3 is 16.0 Å². The Morgan fingerprint density at radius 2 is 1.71 bits per heavy atom. The summed E-state index contributed by atoms with van der Waals surface area (Å²) in [6, 6.07) is -0.244. The molecule has 5 heteroatoms. The van der Waals surface area contributed by atoms with E-state index in [0.717, 1.165) is 45.2 Å². The van der Waals surface area contributed by atoms with Crippen LogP contribution in [0.1, 0.15) is 59.3 Å². The molecule has 0 aromatic rings. The van der Waals surface area contributed by atoms with Gasteiger partial charge in [0.15, 0.2) is 0 Å². The molecule has 0 aliphatic carbocycles. The smallest absolute Gasteiger partial charge is 0.244 e. The topological polar surface area (TPSA) is 75.4 Å². The number of nitrogens with one attached hydrogen (secondary N) is 1. The fourth-order valence-electron chi connectivity index (χ4n) is 2.68. The summed E-state index contributed by atoms with van der Waals surface area (Å²) in [6.45, 7) is 7.31. The minimum Gasteiger partial charge on any atom is -0.344 e. The Hall–Kier alpha value is -1.10. The van der Waals surface area contributed by atoms with Crippen LogP contribution >= 0.6 is 0 Å². The SMILES string of the molecule is CC(N)CCCC(C)C(=O)NC(C)C(=O)N1CCCCC1. The van der Waals surface area contributed by atoms with Crippen molar-refractivity contribution in [3.05, 3.63) is 0 Å². The van der Waals surface area contributed by atoms with Crippen molar-refractivity contribution in [2.75, 3.05) is 13.1 Å². The van der Waals surface area contributed by atoms with Gasteiger partial charge in [0, 0.05) is 25.0 Å². The van der Waals surface area contributed by atoms with Crippen LogP contribution in [-0.2, 0) is 9.59 Å². The van der Waals surface area contributed by atoms with Gasteiger partial charge in [-0.25, -0.2) is 0 Å². The van der Waals surface area contributed by atoms with Crippen LogP contribution in [0.5, 0.6) is 0 Å². The molecule has 1 rings (SSSR count). The largest absolute Gasteiger partial charge is 0.344 e. The van der Waals surface area contributed by atoms with E-state index < -0.39 is 6.04 Å². The van der Waals surface area contributed by atoms with Gasteiger partial charge >= 0.3 is 0 Å². The molecular formula is C16H31N3O2. The van der Waals surface area contributed by atoms with Gasteiger partial charge in [-0.2, -0.15) is 0 Å². The molecule has 5 nitrogen and oxygen atoms in total. The summed E-state index contributed by atoms with van der Waals surface area (Å²) in [4.78, 5) is 26.2. The fraction of sp³-hybridized carbons (Fsp3) is 0.875. The normalized spacial score (nSPS) is 19.7. The van der Waals surface area contributed by atoms with Crippen molar-refractivity contribution in [1.29, 1.82) is 0 Å². The molecule has 0 bridgehead atoms. The van der Waals surface area contributed by atoms with Gasteiger partial charge in [0.2, 0.25) is 11.8 Å². The van der Waals surface area contributed by atoms with E-state index >= 15 is 0 Å². The van der Waals surface area contributed by atoms with E-state index in [1.54, 1.807) is 6.92 Å². The number of rotatable bonds is 7. The van der Waals surface area contributed by atoms with Crippen LogP contribution < -0.4 is 11.1 Å². The molecule has 0 saturated carbocycles. The monoisotopic (exact) mass is 297 g/mol. The molecule has 0 aromatic heterocycles. The third-order valence-electron chi connectivity index (χ3n) is 4.14. The minimum absolute atomic E-state index is 0.0301. The van der Waals surface area contributed by atoms with Crippen LogP contribution in [0.25, 0.3) is 0 Å². The van der Waals surface area contributed by atoms with Gasteiger partial charge in [0.05, 0.1) is 0 Å². The maximum Gasteiger partial charge on any atom is 0.244 e. The minimum atomic E-state index is -0.425. The molecule has 1 heterocycles. The highest BCUT2D eigenvalue weighted by atomic mass is 16.2. The number of likely N-dealkylation sites (tertiary alicyclic amines) is 1. The number of carbonyl (C=O) groups is 2. The molecule has 122 valence electrons. The van der Waals surface area contributed by atoms with E-state index in [4.69, 9.17) is 5.73 Å². The van der Waals surface area contributed by atoms with E-state index in [-0.39, 0.29) is 23.8 Å². The van der Waals surface area contributed by atoms with Crippen molar-refractivity contribution in [1.82, 2.24) is 10.2 Å². The third-order valence-corrected chi connectivity index (χ3v) is 4.14. The molecule has 0 radical (unpaired) electrons. The lowest BCUT2D eigenvalue weighted by molar-refractivity contribution is -0.137. The van der Waals surface area contributed by atoms with Crippen LogP contribution in [0.4, 0.5) is 0 Å². The maximum atomic E-state index is 12.3. The first kappa shape index (κ1) is 18.0. The molecular weight excluding hydrogens is 266 g/mol. The van der Waals surface area contributed by atoms with Gasteiger partial charge in [-0.3, -0.25) is 9.59 Å². The highest BCUT2D eigenvalue weighted by molar-refractivity contribution is 5.88. The Labute approximate surface area is 128 Å². The lowest BCUT2D eigenvalue weighted by Crippen LogP contribution is -2.49. The van der Waals surface area contributed by atoms with E-state index in [2.05, 4.69) is 5.32 Å². The number of piperidine rings is 1. The van der Waals surface area contributed by atoms with Crippen LogP contribution in [0.15, 0.2) is 0 Å². The molecule has 3 atom stereocenters. The Morgan fingerprint density at radius 3 is 2.29 bits per heavy atom. The number of hydrogen-bond acceptors (Lipinski definition) is 3. The number of hydrogen-bond donors (Lipinski definition) is 2. The summed E-state index contributed by atoms with van der Waals surface area (Å²) in [5, 5.41) is 2.85. The first-order chi connectivity index (χ1) is 9.91. The second-order valence-corrected chi connectivity index (χ2v) is 6.43. The highest BCUT2D eigenvalue weighted by Gasteiger charge is 2.24. The summed E-state index contributed by atoms with van der Waals surface area (Å²) >= 11 is 0. The number of carbonyl (C=O) groups excluding carboxylic acids is 2. The number of nitrogens with two attached hydrogens (primary N) is 1. The van der Waals surface area contributed by atoms with E-state index in [9.17, 15) is 9.59 Å². The zero-order valence-electron chi connectivity index (χ0n) is 13.7. The van der Waals surface area contributed by atoms with Crippen molar-refractivity contribution >= 4 is 11.8 Å². The predicted octanol–water partition coefficient (Wildman–Crippen LogP) is 1.66. The van der Waals surface area contributed by atoms with Crippen molar-refractivity contribution in [2.45, 2.75) is 71.4 Å². The summed E-state index contributed by atoms with van der Waals surface area (Å²) in [5.74, 6) is -0.0521. The van der Waals surface area contributed by atoms with E-state index in [1.807, 2.05) is 18.7 Å². The van der Waals surface area contributed by atoms with Crippen LogP contribution in [0.3, 0.4) is 0 Å². The van der Waals surface area contributed by atoms with Gasteiger partial charge in [0.25, 0.3) is 0 Å². The second kappa shape index (κ2) is 9.03. The quantitative estimate of drug-likeness (QED) is 0.750. The second-order valence-electron chi connectivity index (χ2n) is 6.43. The van der Waals surface area contributed by atoms with Gasteiger partial charge in [-0.05, 0) is 46.0 Å². The average molecular weight is 297 g/mol. The first-order valence-corrected chi connectivity index (χ1v) is 8.26. The molecule has 1 aliphatic heterocycles. The summed E-state index contributed by atoms with van der Waals surface area (Å²) in [7, 11) is 0. The molecule has 1 fully saturated rings. The molecule has 1 saturated heterocycles. The molecule has 2 amide bonds. The third kappa shape index (κ3) is 6.46. The summed E-state index contributed by atoms with van der Waals surface area (Å²) < 4.78 is 0. The van der Waals surface area contributed by atoms with Crippen molar-refractivity contribution < 1.29 is 9.59 Å². The molecule has 3 N–H and O–H groups in total. The Bertz CT molecular complexity index is 338. The van der Waals surface area contributed by atoms with Crippen molar-refractivity contribution in [3.63, 3.8) is 0 Å². The molecule has 1 aliphatic rings.